The van der Waals surface area contributed by atoms with Crippen LogP contribution >= 0.6 is 23.1 Å². The summed E-state index contributed by atoms with van der Waals surface area (Å²) in [4.78, 5) is 20.0. The summed E-state index contributed by atoms with van der Waals surface area (Å²) in [6.07, 6.45) is 3.40. The van der Waals surface area contributed by atoms with Gasteiger partial charge < -0.3 is 9.30 Å². The van der Waals surface area contributed by atoms with Crippen molar-refractivity contribution in [3.8, 4) is 0 Å². The van der Waals surface area contributed by atoms with Gasteiger partial charge in [0, 0.05) is 29.2 Å². The zero-order chi connectivity index (χ0) is 19.7. The fourth-order valence-corrected chi connectivity index (χ4v) is 5.60. The molecule has 4 rings (SSSR count). The van der Waals surface area contributed by atoms with Crippen molar-refractivity contribution in [3.05, 3.63) is 69.2 Å². The minimum Gasteiger partial charge on any atom is -0.369 e. The standard InChI is InChI=1S/C22H24N2O2S2/c1-4-11-24-20-18(23-21(24)27-14-15-9-7-6-8-10-15)19(25)16-12-22(3,5-2)26-13-17(16)28-20/h4,6-10H,1,5,11-14H2,2-3H3. The number of hydrogen-bond acceptors (Lipinski definition) is 5. The molecule has 2 aromatic heterocycles. The maximum Gasteiger partial charge on any atom is 0.211 e. The molecule has 1 aromatic carbocycles. The van der Waals surface area contributed by atoms with Gasteiger partial charge in [-0.3, -0.25) is 4.79 Å². The highest BCUT2D eigenvalue weighted by Crippen LogP contribution is 2.35. The molecular formula is C22H24N2O2S2. The molecule has 3 heterocycles. The number of imidazole rings is 1. The minimum absolute atomic E-state index is 0.0658. The van der Waals surface area contributed by atoms with Gasteiger partial charge in [0.05, 0.1) is 12.2 Å². The van der Waals surface area contributed by atoms with Crippen LogP contribution < -0.4 is 5.43 Å². The molecule has 4 nitrogen and oxygen atoms in total. The van der Waals surface area contributed by atoms with Crippen LogP contribution in [-0.4, -0.2) is 15.2 Å². The summed E-state index contributed by atoms with van der Waals surface area (Å²) >= 11 is 3.30. The van der Waals surface area contributed by atoms with Crippen LogP contribution in [0.5, 0.6) is 0 Å². The fraction of sp³-hybridized carbons (Fsp3) is 0.364. The van der Waals surface area contributed by atoms with Crippen LogP contribution in [0.3, 0.4) is 0 Å². The van der Waals surface area contributed by atoms with Crippen LogP contribution in [0.2, 0.25) is 0 Å². The second-order valence-corrected chi connectivity index (χ2v) is 9.35. The van der Waals surface area contributed by atoms with Crippen molar-refractivity contribution in [2.24, 2.45) is 0 Å². The molecule has 0 aliphatic carbocycles. The molecule has 0 bridgehead atoms. The third-order valence-electron chi connectivity index (χ3n) is 5.30. The number of thioether (sulfide) groups is 1. The van der Waals surface area contributed by atoms with Crippen molar-refractivity contribution in [1.82, 2.24) is 9.55 Å². The molecule has 0 amide bonds. The van der Waals surface area contributed by atoms with Crippen LogP contribution in [0.25, 0.3) is 10.3 Å². The number of hydrogen-bond donors (Lipinski definition) is 0. The van der Waals surface area contributed by atoms with E-state index in [1.807, 2.05) is 24.3 Å². The lowest BCUT2D eigenvalue weighted by Gasteiger charge is -2.33. The predicted molar refractivity (Wildman–Crippen MR) is 117 cm³/mol. The highest BCUT2D eigenvalue weighted by Gasteiger charge is 2.32. The molecule has 0 radical (unpaired) electrons. The molecule has 0 saturated carbocycles. The van der Waals surface area contributed by atoms with Gasteiger partial charge in [0.2, 0.25) is 5.43 Å². The van der Waals surface area contributed by atoms with Crippen molar-refractivity contribution < 1.29 is 4.74 Å². The lowest BCUT2D eigenvalue weighted by molar-refractivity contribution is -0.0550. The summed E-state index contributed by atoms with van der Waals surface area (Å²) in [6.45, 7) is 9.21. The van der Waals surface area contributed by atoms with Gasteiger partial charge >= 0.3 is 0 Å². The highest BCUT2D eigenvalue weighted by molar-refractivity contribution is 7.98. The molecule has 1 unspecified atom stereocenters. The van der Waals surface area contributed by atoms with Crippen LogP contribution in [0.15, 0.2) is 52.9 Å². The monoisotopic (exact) mass is 412 g/mol. The smallest absolute Gasteiger partial charge is 0.211 e. The van der Waals surface area contributed by atoms with Gasteiger partial charge in [0.1, 0.15) is 10.3 Å². The van der Waals surface area contributed by atoms with Crippen LogP contribution in [-0.2, 0) is 30.1 Å². The number of fused-ring (bicyclic) bond motifs is 2. The Hall–Kier alpha value is -1.89. The first-order chi connectivity index (χ1) is 13.5. The molecule has 0 spiro atoms. The minimum atomic E-state index is -0.263. The second kappa shape index (κ2) is 7.85. The molecule has 1 aliphatic heterocycles. The molecule has 28 heavy (non-hydrogen) atoms. The summed E-state index contributed by atoms with van der Waals surface area (Å²) < 4.78 is 8.18. The van der Waals surface area contributed by atoms with E-state index < -0.39 is 0 Å². The van der Waals surface area contributed by atoms with E-state index in [-0.39, 0.29) is 11.0 Å². The molecule has 0 fully saturated rings. The first-order valence-corrected chi connectivity index (χ1v) is 11.3. The van der Waals surface area contributed by atoms with Gasteiger partial charge in [-0.25, -0.2) is 4.98 Å². The van der Waals surface area contributed by atoms with Gasteiger partial charge in [0.25, 0.3) is 0 Å². The van der Waals surface area contributed by atoms with E-state index in [1.54, 1.807) is 23.1 Å². The van der Waals surface area contributed by atoms with Gasteiger partial charge in [0.15, 0.2) is 5.16 Å². The Morgan fingerprint density at radius 3 is 2.89 bits per heavy atom. The van der Waals surface area contributed by atoms with Crippen LogP contribution in [0.1, 0.15) is 36.3 Å². The topological polar surface area (TPSA) is 44.1 Å². The summed E-state index contributed by atoms with van der Waals surface area (Å²) in [6, 6.07) is 10.3. The highest BCUT2D eigenvalue weighted by atomic mass is 32.2. The van der Waals surface area contributed by atoms with Crippen LogP contribution in [0.4, 0.5) is 0 Å². The zero-order valence-corrected chi connectivity index (χ0v) is 17.9. The van der Waals surface area contributed by atoms with E-state index in [4.69, 9.17) is 9.72 Å². The Bertz CT molecular complexity index is 1070. The SMILES string of the molecule is C=CCn1c(SCc2ccccc2)nc2c(=O)c3c(sc21)COC(C)(CC)C3. The van der Waals surface area contributed by atoms with Crippen LogP contribution in [0, 0.1) is 0 Å². The summed E-state index contributed by atoms with van der Waals surface area (Å²) in [5.41, 5.74) is 2.51. The summed E-state index contributed by atoms with van der Waals surface area (Å²) in [5, 5.41) is 0.869. The number of allylic oxidation sites excluding steroid dienone is 1. The van der Waals surface area contributed by atoms with Gasteiger partial charge in [-0.05, 0) is 18.9 Å². The number of benzene rings is 1. The first kappa shape index (κ1) is 19.4. The number of rotatable bonds is 6. The fourth-order valence-electron chi connectivity index (χ4n) is 3.43. The molecule has 0 N–H and O–H groups in total. The molecule has 1 atom stereocenters. The normalized spacial score (nSPS) is 18.9. The van der Waals surface area contributed by atoms with Crippen molar-refractivity contribution in [1.29, 1.82) is 0 Å². The quantitative estimate of drug-likeness (QED) is 0.413. The Labute approximate surface area is 173 Å². The molecule has 146 valence electrons. The lowest BCUT2D eigenvalue weighted by Crippen LogP contribution is -2.37. The summed E-state index contributed by atoms with van der Waals surface area (Å²) in [7, 11) is 0. The van der Waals surface area contributed by atoms with Crippen molar-refractivity contribution in [3.63, 3.8) is 0 Å². The third kappa shape index (κ3) is 3.56. The Morgan fingerprint density at radius 2 is 2.18 bits per heavy atom. The van der Waals surface area contributed by atoms with Crippen molar-refractivity contribution >= 4 is 33.4 Å². The Morgan fingerprint density at radius 1 is 1.39 bits per heavy atom. The zero-order valence-electron chi connectivity index (χ0n) is 16.2. The third-order valence-corrected chi connectivity index (χ3v) is 7.57. The number of nitrogens with zero attached hydrogens (tertiary/aromatic N) is 2. The first-order valence-electron chi connectivity index (χ1n) is 9.51. The summed E-state index contributed by atoms with van der Waals surface area (Å²) in [5.74, 6) is 0.816. The lowest BCUT2D eigenvalue weighted by atomic mass is 9.91. The average molecular weight is 413 g/mol. The van der Waals surface area contributed by atoms with E-state index in [1.165, 1.54) is 5.56 Å². The molecule has 6 heteroatoms. The second-order valence-electron chi connectivity index (χ2n) is 7.32. The van der Waals surface area contributed by atoms with Gasteiger partial charge in [-0.2, -0.15) is 0 Å². The largest absolute Gasteiger partial charge is 0.369 e. The molecule has 3 aromatic rings. The van der Waals surface area contributed by atoms with E-state index in [0.717, 1.165) is 32.6 Å². The molecular weight excluding hydrogens is 388 g/mol. The average Bonchev–Trinajstić information content (AvgIpc) is 3.06. The predicted octanol–water partition coefficient (Wildman–Crippen LogP) is 5.18. The van der Waals surface area contributed by atoms with Gasteiger partial charge in [-0.15, -0.1) is 17.9 Å². The Kier molecular flexibility index (Phi) is 5.45. The maximum absolute atomic E-state index is 13.3. The van der Waals surface area contributed by atoms with E-state index in [9.17, 15) is 4.79 Å². The van der Waals surface area contributed by atoms with E-state index in [2.05, 4.69) is 37.1 Å². The number of aromatic nitrogens is 2. The molecule has 0 saturated heterocycles. The van der Waals surface area contributed by atoms with E-state index >= 15 is 0 Å². The maximum atomic E-state index is 13.3. The van der Waals surface area contributed by atoms with Crippen molar-refractivity contribution in [2.45, 2.75) is 56.4 Å². The van der Waals surface area contributed by atoms with Gasteiger partial charge in [-0.1, -0.05) is 55.1 Å². The van der Waals surface area contributed by atoms with E-state index in [0.29, 0.717) is 25.1 Å². The Balaban J connectivity index is 1.77. The molecule has 1 aliphatic rings. The van der Waals surface area contributed by atoms with Crippen molar-refractivity contribution in [2.75, 3.05) is 0 Å². The number of ether oxygens (including phenoxy) is 1.